The minimum atomic E-state index is 0.329. The van der Waals surface area contributed by atoms with Crippen molar-refractivity contribution in [3.63, 3.8) is 0 Å². The minimum absolute atomic E-state index is 0.329. The van der Waals surface area contributed by atoms with Gasteiger partial charge in [-0.05, 0) is 47.5 Å². The van der Waals surface area contributed by atoms with Gasteiger partial charge in [0.05, 0.1) is 22.3 Å². The molecule has 8 aromatic rings. The molecule has 0 amide bonds. The molecule has 0 atom stereocenters. The second-order valence-corrected chi connectivity index (χ2v) is 11.3. The molecule has 3 aromatic heterocycles. The Morgan fingerprint density at radius 2 is 1.40 bits per heavy atom. The third-order valence-electron chi connectivity index (χ3n) is 7.95. The molecule has 3 heterocycles. The van der Waals surface area contributed by atoms with Crippen molar-refractivity contribution in [3.8, 4) is 40.1 Å². The van der Waals surface area contributed by atoms with Crippen LogP contribution in [0.2, 0.25) is 0 Å². The predicted molar refractivity (Wildman–Crippen MR) is 172 cm³/mol. The number of rotatable bonds is 3. The number of thiophene rings is 1. The van der Waals surface area contributed by atoms with Crippen LogP contribution in [0.15, 0.2) is 121 Å². The fraction of sp³-hybridized carbons (Fsp3) is 0. The largest absolute Gasteiger partial charge is 0.308 e. The molecule has 0 aliphatic heterocycles. The van der Waals surface area contributed by atoms with Crippen molar-refractivity contribution < 1.29 is 0 Å². The quantitative estimate of drug-likeness (QED) is 0.219. The van der Waals surface area contributed by atoms with Gasteiger partial charge in [-0.2, -0.15) is 10.5 Å². The van der Waals surface area contributed by atoms with Crippen molar-refractivity contribution in [2.75, 3.05) is 0 Å². The average molecular weight is 553 g/mol. The summed E-state index contributed by atoms with van der Waals surface area (Å²) >= 11 is 1.81. The van der Waals surface area contributed by atoms with Crippen LogP contribution in [0.5, 0.6) is 0 Å². The van der Waals surface area contributed by atoms with Gasteiger partial charge in [0.15, 0.2) is 0 Å². The summed E-state index contributed by atoms with van der Waals surface area (Å²) in [5.74, 6) is 0. The standard InChI is InChI=1S/C37H20N4S/c38-20-25-18-24(30-19-26(22-40-31(30)21-39)23-8-2-1-3-9-23)14-16-32(25)41-33-12-6-4-11-29(33)36-34(41)17-15-28-27-10-5-7-13-35(27)42-37(28)36/h1-19,22H. The Morgan fingerprint density at radius 3 is 2.24 bits per heavy atom. The van der Waals surface area contributed by atoms with Gasteiger partial charge in [0.2, 0.25) is 0 Å². The third-order valence-corrected chi connectivity index (χ3v) is 9.15. The van der Waals surface area contributed by atoms with Crippen LogP contribution in [-0.2, 0) is 0 Å². The molecule has 0 bridgehead atoms. The number of pyridine rings is 1. The smallest absolute Gasteiger partial charge is 0.148 e. The fourth-order valence-corrected chi connectivity index (χ4v) is 7.30. The Kier molecular flexibility index (Phi) is 5.40. The van der Waals surface area contributed by atoms with Gasteiger partial charge >= 0.3 is 0 Å². The van der Waals surface area contributed by atoms with Crippen molar-refractivity contribution >= 4 is 53.3 Å². The zero-order chi connectivity index (χ0) is 28.2. The number of aromatic nitrogens is 2. The van der Waals surface area contributed by atoms with Crippen LogP contribution in [0, 0.1) is 22.7 Å². The number of hydrogen-bond donors (Lipinski definition) is 0. The van der Waals surface area contributed by atoms with E-state index in [1.807, 2.05) is 72.0 Å². The molecule has 0 N–H and O–H groups in total. The van der Waals surface area contributed by atoms with E-state index in [-0.39, 0.29) is 0 Å². The molecular weight excluding hydrogens is 533 g/mol. The van der Waals surface area contributed by atoms with E-state index in [1.54, 1.807) is 6.20 Å². The van der Waals surface area contributed by atoms with E-state index in [4.69, 9.17) is 0 Å². The molecule has 8 rings (SSSR count). The monoisotopic (exact) mass is 552 g/mol. The maximum atomic E-state index is 10.4. The minimum Gasteiger partial charge on any atom is -0.308 e. The van der Waals surface area contributed by atoms with E-state index in [2.05, 4.69) is 76.3 Å². The molecule has 0 spiro atoms. The second-order valence-electron chi connectivity index (χ2n) is 10.2. The van der Waals surface area contributed by atoms with E-state index in [0.717, 1.165) is 38.8 Å². The molecule has 4 nitrogen and oxygen atoms in total. The highest BCUT2D eigenvalue weighted by molar-refractivity contribution is 7.26. The van der Waals surface area contributed by atoms with Gasteiger partial charge in [-0.3, -0.25) is 0 Å². The molecule has 0 fully saturated rings. The highest BCUT2D eigenvalue weighted by Crippen LogP contribution is 2.43. The van der Waals surface area contributed by atoms with Gasteiger partial charge < -0.3 is 4.57 Å². The molecule has 5 heteroatoms. The van der Waals surface area contributed by atoms with Crippen LogP contribution in [0.25, 0.3) is 69.9 Å². The molecule has 5 aromatic carbocycles. The van der Waals surface area contributed by atoms with E-state index in [9.17, 15) is 10.5 Å². The first-order valence-corrected chi connectivity index (χ1v) is 14.4. The molecule has 0 saturated heterocycles. The molecule has 0 unspecified atom stereocenters. The van der Waals surface area contributed by atoms with Gasteiger partial charge in [-0.1, -0.05) is 78.9 Å². The Hall–Kier alpha value is -5.75. The molecular formula is C37H20N4S. The van der Waals surface area contributed by atoms with E-state index < -0.39 is 0 Å². The number of hydrogen-bond acceptors (Lipinski definition) is 4. The van der Waals surface area contributed by atoms with E-state index >= 15 is 0 Å². The van der Waals surface area contributed by atoms with Crippen molar-refractivity contribution in [2.24, 2.45) is 0 Å². The molecule has 0 radical (unpaired) electrons. The molecule has 0 aliphatic carbocycles. The van der Waals surface area contributed by atoms with Crippen LogP contribution in [-0.4, -0.2) is 9.55 Å². The van der Waals surface area contributed by atoms with Crippen LogP contribution >= 0.6 is 11.3 Å². The number of para-hydroxylation sites is 1. The van der Waals surface area contributed by atoms with Crippen molar-refractivity contribution in [1.29, 1.82) is 10.5 Å². The van der Waals surface area contributed by atoms with Gasteiger partial charge in [-0.15, -0.1) is 11.3 Å². The van der Waals surface area contributed by atoms with E-state index in [0.29, 0.717) is 16.8 Å². The zero-order valence-corrected chi connectivity index (χ0v) is 23.1. The third kappa shape index (κ3) is 3.55. The van der Waals surface area contributed by atoms with Crippen molar-refractivity contribution in [3.05, 3.63) is 133 Å². The Labute approximate surface area is 245 Å². The first-order chi connectivity index (χ1) is 20.7. The predicted octanol–water partition coefficient (Wildman–Crippen LogP) is 9.62. The average Bonchev–Trinajstić information content (AvgIpc) is 3.60. The summed E-state index contributed by atoms with van der Waals surface area (Å²) in [5.41, 5.74) is 7.19. The summed E-state index contributed by atoms with van der Waals surface area (Å²) in [6.45, 7) is 0. The van der Waals surface area contributed by atoms with Crippen LogP contribution < -0.4 is 0 Å². The first kappa shape index (κ1) is 24.1. The zero-order valence-electron chi connectivity index (χ0n) is 22.2. The van der Waals surface area contributed by atoms with Crippen LogP contribution in [0.1, 0.15) is 11.3 Å². The SMILES string of the molecule is N#Cc1cc(-c2cc(-c3ccccc3)cnc2C#N)ccc1-n1c2ccccc2c2c3sc4ccccc4c3ccc21. The highest BCUT2D eigenvalue weighted by Gasteiger charge is 2.20. The lowest BCUT2D eigenvalue weighted by Gasteiger charge is -2.13. The van der Waals surface area contributed by atoms with Gasteiger partial charge in [0.25, 0.3) is 0 Å². The molecule has 0 aliphatic rings. The highest BCUT2D eigenvalue weighted by atomic mass is 32.1. The maximum Gasteiger partial charge on any atom is 0.148 e. The number of nitriles is 2. The summed E-state index contributed by atoms with van der Waals surface area (Å²) in [7, 11) is 0. The topological polar surface area (TPSA) is 65.4 Å². The summed E-state index contributed by atoms with van der Waals surface area (Å²) in [5, 5.41) is 25.1. The molecule has 42 heavy (non-hydrogen) atoms. The normalized spacial score (nSPS) is 11.3. The Bertz CT molecular complexity index is 2440. The lowest BCUT2D eigenvalue weighted by Crippen LogP contribution is -1.99. The number of fused-ring (bicyclic) bond motifs is 7. The Morgan fingerprint density at radius 1 is 0.619 bits per heavy atom. The summed E-state index contributed by atoms with van der Waals surface area (Å²) in [6.07, 6.45) is 1.73. The summed E-state index contributed by atoms with van der Waals surface area (Å²) < 4.78 is 4.71. The van der Waals surface area contributed by atoms with Crippen molar-refractivity contribution in [2.45, 2.75) is 0 Å². The van der Waals surface area contributed by atoms with Gasteiger partial charge in [-0.25, -0.2) is 4.98 Å². The van der Waals surface area contributed by atoms with Crippen molar-refractivity contribution in [1.82, 2.24) is 9.55 Å². The summed E-state index contributed by atoms with van der Waals surface area (Å²) in [6, 6.07) is 43.8. The second kappa shape index (κ2) is 9.42. The van der Waals surface area contributed by atoms with Crippen LogP contribution in [0.3, 0.4) is 0 Å². The lowest BCUT2D eigenvalue weighted by atomic mass is 9.97. The first-order valence-electron chi connectivity index (χ1n) is 13.6. The molecule has 0 saturated carbocycles. The Balaban J connectivity index is 1.37. The fourth-order valence-electron chi connectivity index (χ4n) is 6.04. The summed E-state index contributed by atoms with van der Waals surface area (Å²) in [4.78, 5) is 4.46. The van der Waals surface area contributed by atoms with E-state index in [1.165, 1.54) is 25.6 Å². The molecule has 194 valence electrons. The van der Waals surface area contributed by atoms with Crippen LogP contribution in [0.4, 0.5) is 0 Å². The number of nitrogens with zero attached hydrogens (tertiary/aromatic N) is 4. The lowest BCUT2D eigenvalue weighted by molar-refractivity contribution is 1.17. The maximum absolute atomic E-state index is 10.4. The van der Waals surface area contributed by atoms with Gasteiger partial charge in [0, 0.05) is 48.3 Å². The van der Waals surface area contributed by atoms with Gasteiger partial charge in [0.1, 0.15) is 17.8 Å². The number of benzene rings is 5.